The van der Waals surface area contributed by atoms with E-state index in [4.69, 9.17) is 10.5 Å². The van der Waals surface area contributed by atoms with E-state index in [-0.39, 0.29) is 0 Å². The molecule has 102 valence electrons. The van der Waals surface area contributed by atoms with Crippen molar-refractivity contribution in [3.8, 4) is 5.75 Å². The summed E-state index contributed by atoms with van der Waals surface area (Å²) < 4.78 is 5.30. The first-order chi connectivity index (χ1) is 9.78. The second-order valence-corrected chi connectivity index (χ2v) is 5.06. The zero-order valence-electron chi connectivity index (χ0n) is 11.6. The Morgan fingerprint density at radius 2 is 2.15 bits per heavy atom. The molecule has 0 atom stereocenters. The van der Waals surface area contributed by atoms with E-state index in [1.807, 2.05) is 18.3 Å². The highest BCUT2D eigenvalue weighted by atomic mass is 16.5. The topological polar surface area (TPSA) is 48.1 Å². The number of hydrogen-bond acceptors (Lipinski definition) is 3. The van der Waals surface area contributed by atoms with Crippen LogP contribution < -0.4 is 10.5 Å². The normalized spacial score (nSPS) is 14.1. The van der Waals surface area contributed by atoms with Crippen molar-refractivity contribution in [3.05, 3.63) is 65.1 Å². The molecular weight excluding hydrogens is 248 g/mol. The van der Waals surface area contributed by atoms with Gasteiger partial charge in [0.05, 0.1) is 7.11 Å². The highest BCUT2D eigenvalue weighted by Gasteiger charge is 2.18. The van der Waals surface area contributed by atoms with Gasteiger partial charge < -0.3 is 10.5 Å². The quantitative estimate of drug-likeness (QED) is 0.929. The first-order valence-corrected chi connectivity index (χ1v) is 6.81. The monoisotopic (exact) mass is 266 g/mol. The Labute approximate surface area is 119 Å². The molecule has 1 aromatic carbocycles. The van der Waals surface area contributed by atoms with Crippen LogP contribution in [0.25, 0.3) is 5.57 Å². The standard InChI is InChI=1S/C17H18N2O/c1-20-14-5-6-15-13(10-14)4-7-17(18)16(15)9-12-3-2-8-19-11-12/h2-3,5-6,8,10-11H,4,7,9,18H2,1H3. The maximum Gasteiger partial charge on any atom is 0.119 e. The lowest BCUT2D eigenvalue weighted by molar-refractivity contribution is 0.414. The second-order valence-electron chi connectivity index (χ2n) is 5.06. The van der Waals surface area contributed by atoms with Gasteiger partial charge in [0, 0.05) is 24.5 Å². The molecule has 0 spiro atoms. The highest BCUT2D eigenvalue weighted by molar-refractivity contribution is 5.74. The maximum absolute atomic E-state index is 6.24. The zero-order chi connectivity index (χ0) is 13.9. The minimum absolute atomic E-state index is 0.832. The summed E-state index contributed by atoms with van der Waals surface area (Å²) in [6.07, 6.45) is 6.42. The molecule has 0 saturated heterocycles. The average molecular weight is 266 g/mol. The number of nitrogens with zero attached hydrogens (tertiary/aromatic N) is 1. The Kier molecular flexibility index (Phi) is 3.42. The van der Waals surface area contributed by atoms with Crippen molar-refractivity contribution in [2.24, 2.45) is 5.73 Å². The van der Waals surface area contributed by atoms with Gasteiger partial charge in [0.25, 0.3) is 0 Å². The minimum Gasteiger partial charge on any atom is -0.497 e. The average Bonchev–Trinajstić information content (AvgIpc) is 2.50. The number of aromatic nitrogens is 1. The molecule has 1 aliphatic carbocycles. The van der Waals surface area contributed by atoms with Gasteiger partial charge in [-0.05, 0) is 53.3 Å². The third-order valence-corrected chi connectivity index (χ3v) is 3.79. The molecule has 2 N–H and O–H groups in total. The Hall–Kier alpha value is -2.29. The summed E-state index contributed by atoms with van der Waals surface area (Å²) >= 11 is 0. The van der Waals surface area contributed by atoms with Crippen molar-refractivity contribution in [1.82, 2.24) is 4.98 Å². The zero-order valence-corrected chi connectivity index (χ0v) is 11.6. The van der Waals surface area contributed by atoms with Gasteiger partial charge in [-0.25, -0.2) is 0 Å². The first-order valence-electron chi connectivity index (χ1n) is 6.81. The molecule has 0 fully saturated rings. The summed E-state index contributed by atoms with van der Waals surface area (Å²) in [6.45, 7) is 0. The summed E-state index contributed by atoms with van der Waals surface area (Å²) in [4.78, 5) is 4.18. The van der Waals surface area contributed by atoms with Crippen LogP contribution >= 0.6 is 0 Å². The van der Waals surface area contributed by atoms with E-state index < -0.39 is 0 Å². The molecule has 0 unspecified atom stereocenters. The Morgan fingerprint density at radius 3 is 2.90 bits per heavy atom. The van der Waals surface area contributed by atoms with Gasteiger partial charge >= 0.3 is 0 Å². The van der Waals surface area contributed by atoms with Crippen LogP contribution in [-0.2, 0) is 12.8 Å². The van der Waals surface area contributed by atoms with Gasteiger partial charge in [-0.3, -0.25) is 4.98 Å². The minimum atomic E-state index is 0.832. The van der Waals surface area contributed by atoms with E-state index in [0.29, 0.717) is 0 Å². The molecule has 0 saturated carbocycles. The van der Waals surface area contributed by atoms with Crippen molar-refractivity contribution in [1.29, 1.82) is 0 Å². The largest absolute Gasteiger partial charge is 0.497 e. The lowest BCUT2D eigenvalue weighted by Gasteiger charge is -2.22. The lowest BCUT2D eigenvalue weighted by atomic mass is 9.86. The summed E-state index contributed by atoms with van der Waals surface area (Å²) in [5.74, 6) is 0.907. The number of allylic oxidation sites excluding steroid dienone is 2. The van der Waals surface area contributed by atoms with Crippen LogP contribution in [0, 0.1) is 0 Å². The van der Waals surface area contributed by atoms with Crippen molar-refractivity contribution < 1.29 is 4.74 Å². The van der Waals surface area contributed by atoms with Gasteiger partial charge in [0.15, 0.2) is 0 Å². The van der Waals surface area contributed by atoms with E-state index in [0.717, 1.165) is 30.7 Å². The van der Waals surface area contributed by atoms with Crippen molar-refractivity contribution in [2.45, 2.75) is 19.3 Å². The van der Waals surface area contributed by atoms with Crippen LogP contribution in [0.5, 0.6) is 5.75 Å². The number of benzene rings is 1. The molecule has 1 heterocycles. The van der Waals surface area contributed by atoms with Crippen LogP contribution in [0.4, 0.5) is 0 Å². The van der Waals surface area contributed by atoms with Gasteiger partial charge in [-0.2, -0.15) is 0 Å². The molecule has 3 heteroatoms. The Bertz CT molecular complexity index is 647. The lowest BCUT2D eigenvalue weighted by Crippen LogP contribution is -2.12. The number of methoxy groups -OCH3 is 1. The SMILES string of the molecule is COc1ccc2c(c1)CCC(N)=C2Cc1cccnc1. The summed E-state index contributed by atoms with van der Waals surface area (Å²) in [7, 11) is 1.70. The van der Waals surface area contributed by atoms with Crippen molar-refractivity contribution in [3.63, 3.8) is 0 Å². The molecule has 1 aromatic heterocycles. The molecule has 2 aromatic rings. The first kappa shape index (κ1) is 12.7. The molecule has 3 nitrogen and oxygen atoms in total. The summed E-state index contributed by atoms with van der Waals surface area (Å²) in [5, 5.41) is 0. The molecular formula is C17H18N2O. The number of hydrogen-bond donors (Lipinski definition) is 1. The highest BCUT2D eigenvalue weighted by Crippen LogP contribution is 2.33. The van der Waals surface area contributed by atoms with E-state index in [1.54, 1.807) is 13.3 Å². The Balaban J connectivity index is 1.98. The molecule has 0 bridgehead atoms. The van der Waals surface area contributed by atoms with Gasteiger partial charge in [-0.15, -0.1) is 0 Å². The maximum atomic E-state index is 6.24. The van der Waals surface area contributed by atoms with Crippen LogP contribution in [-0.4, -0.2) is 12.1 Å². The van der Waals surface area contributed by atoms with Gasteiger partial charge in [0.2, 0.25) is 0 Å². The fourth-order valence-corrected chi connectivity index (χ4v) is 2.71. The van der Waals surface area contributed by atoms with E-state index in [1.165, 1.54) is 22.3 Å². The molecule has 0 radical (unpaired) electrons. The summed E-state index contributed by atoms with van der Waals surface area (Å²) in [5.41, 5.74) is 12.2. The third kappa shape index (κ3) is 2.39. The Morgan fingerprint density at radius 1 is 1.25 bits per heavy atom. The number of fused-ring (bicyclic) bond motifs is 1. The molecule has 20 heavy (non-hydrogen) atoms. The predicted octanol–water partition coefficient (Wildman–Crippen LogP) is 2.95. The molecule has 0 amide bonds. The van der Waals surface area contributed by atoms with Crippen LogP contribution in [0.1, 0.15) is 23.1 Å². The predicted molar refractivity (Wildman–Crippen MR) is 80.4 cm³/mol. The molecule has 0 aliphatic heterocycles. The van der Waals surface area contributed by atoms with Crippen LogP contribution in [0.15, 0.2) is 48.4 Å². The number of nitrogens with two attached hydrogens (primary N) is 1. The third-order valence-electron chi connectivity index (χ3n) is 3.79. The van der Waals surface area contributed by atoms with E-state index in [9.17, 15) is 0 Å². The van der Waals surface area contributed by atoms with Gasteiger partial charge in [0.1, 0.15) is 5.75 Å². The van der Waals surface area contributed by atoms with Gasteiger partial charge in [-0.1, -0.05) is 12.1 Å². The number of ether oxygens (including phenoxy) is 1. The van der Waals surface area contributed by atoms with E-state index in [2.05, 4.69) is 23.2 Å². The molecule has 3 rings (SSSR count). The number of pyridine rings is 1. The summed E-state index contributed by atoms with van der Waals surface area (Å²) in [6, 6.07) is 10.3. The molecule has 1 aliphatic rings. The van der Waals surface area contributed by atoms with Crippen molar-refractivity contribution in [2.75, 3.05) is 7.11 Å². The number of aryl methyl sites for hydroxylation is 1. The smallest absolute Gasteiger partial charge is 0.119 e. The van der Waals surface area contributed by atoms with E-state index >= 15 is 0 Å². The van der Waals surface area contributed by atoms with Crippen LogP contribution in [0.2, 0.25) is 0 Å². The number of rotatable bonds is 3. The van der Waals surface area contributed by atoms with Crippen molar-refractivity contribution >= 4 is 5.57 Å². The fraction of sp³-hybridized carbons (Fsp3) is 0.235. The fourth-order valence-electron chi connectivity index (χ4n) is 2.71. The van der Waals surface area contributed by atoms with Crippen LogP contribution in [0.3, 0.4) is 0 Å². The second kappa shape index (κ2) is 5.37.